The summed E-state index contributed by atoms with van der Waals surface area (Å²) < 4.78 is 55.4. The number of nitrogens with one attached hydrogen (secondary N) is 2. The van der Waals surface area contributed by atoms with Gasteiger partial charge in [-0.05, 0) is 53.1 Å². The molecule has 0 atom stereocenters. The molecule has 0 unspecified atom stereocenters. The van der Waals surface area contributed by atoms with Crippen LogP contribution in [0, 0.1) is 5.41 Å². The van der Waals surface area contributed by atoms with Gasteiger partial charge in [-0.3, -0.25) is 19.6 Å². The summed E-state index contributed by atoms with van der Waals surface area (Å²) in [6.45, 7) is 0.473. The van der Waals surface area contributed by atoms with Crippen LogP contribution in [0.15, 0.2) is 51.8 Å². The highest BCUT2D eigenvalue weighted by atomic mass is 32.2. The zero-order valence-electron chi connectivity index (χ0n) is 24.0. The Morgan fingerprint density at radius 3 is 2.36 bits per heavy atom. The number of nitrogen functional groups attached to an aromatic ring is 1. The molecule has 17 nitrogen and oxygen atoms in total. The molecule has 7 N–H and O–H groups in total. The van der Waals surface area contributed by atoms with E-state index in [9.17, 15) is 32.5 Å². The number of nitrogens with two attached hydrogens (primary N) is 1. The van der Waals surface area contributed by atoms with Crippen LogP contribution in [0.2, 0.25) is 0 Å². The maximum absolute atomic E-state index is 13.1. The van der Waals surface area contributed by atoms with Gasteiger partial charge in [0.1, 0.15) is 5.36 Å². The van der Waals surface area contributed by atoms with Crippen LogP contribution >= 0.6 is 12.9 Å². The minimum atomic E-state index is -5.04. The third-order valence-electron chi connectivity index (χ3n) is 6.55. The van der Waals surface area contributed by atoms with Gasteiger partial charge in [0.15, 0.2) is 16.2 Å². The fourth-order valence-corrected chi connectivity index (χ4v) is 5.35. The summed E-state index contributed by atoms with van der Waals surface area (Å²) >= 11 is 3.41. The first-order valence-corrected chi connectivity index (χ1v) is 15.2. The number of carboxylic acids is 2. The number of carboxylic acid groups (broad SMARTS) is 2. The number of anilines is 1. The number of amides is 1. The van der Waals surface area contributed by atoms with Crippen molar-refractivity contribution < 1.29 is 65.7 Å². The molecule has 2 aliphatic rings. The summed E-state index contributed by atoms with van der Waals surface area (Å²) in [6, 6.07) is 8.83. The average molecular weight is 694 g/mol. The molecule has 0 radical (unpaired) electrons. The van der Waals surface area contributed by atoms with E-state index in [4.69, 9.17) is 35.0 Å². The fourth-order valence-electron chi connectivity index (χ4n) is 4.57. The Labute approximate surface area is 270 Å². The summed E-state index contributed by atoms with van der Waals surface area (Å²) in [5.41, 5.74) is 4.69. The van der Waals surface area contributed by atoms with Gasteiger partial charge in [0.05, 0.1) is 44.1 Å². The lowest BCUT2D eigenvalue weighted by Crippen LogP contribution is -2.27. The zero-order valence-corrected chi connectivity index (χ0v) is 25.8. The second-order valence-corrected chi connectivity index (χ2v) is 11.1. The van der Waals surface area contributed by atoms with E-state index in [1.807, 2.05) is 0 Å². The molecule has 250 valence electrons. The molecule has 0 aromatic heterocycles. The van der Waals surface area contributed by atoms with E-state index in [2.05, 4.69) is 27.6 Å². The largest absolute Gasteiger partial charge is 0.481 e. The van der Waals surface area contributed by atoms with Crippen molar-refractivity contribution in [2.75, 3.05) is 38.7 Å². The molecule has 1 amide bonds. The first kappa shape index (κ1) is 35.1. The van der Waals surface area contributed by atoms with Gasteiger partial charge in [-0.15, -0.1) is 4.33 Å². The molecule has 1 heterocycles. The number of fused-ring (bicyclic) bond motifs is 2. The number of hydrogen-bond acceptors (Lipinski definition) is 14. The van der Waals surface area contributed by atoms with Gasteiger partial charge in [0.25, 0.3) is 16.0 Å². The summed E-state index contributed by atoms with van der Waals surface area (Å²) in [7, 11) is -5.04. The predicted octanol–water partition coefficient (Wildman–Crippen LogP) is 2.54. The summed E-state index contributed by atoms with van der Waals surface area (Å²) in [6.07, 6.45) is -0.141. The Morgan fingerprint density at radius 2 is 1.70 bits per heavy atom. The Balaban J connectivity index is 1.79. The molecule has 1 aliphatic heterocycles. The average Bonchev–Trinajstić information content (AvgIpc) is 3.01. The molecular weight excluding hydrogens is 666 g/mol. The number of rotatable bonds is 16. The fraction of sp³-hybridized carbons (Fsp3) is 0.214. The monoisotopic (exact) mass is 693 g/mol. The van der Waals surface area contributed by atoms with E-state index < -0.39 is 49.9 Å². The van der Waals surface area contributed by atoms with E-state index in [0.29, 0.717) is 0 Å². The lowest BCUT2D eigenvalue weighted by Gasteiger charge is -2.20. The van der Waals surface area contributed by atoms with Gasteiger partial charge >= 0.3 is 11.9 Å². The van der Waals surface area contributed by atoms with Crippen molar-refractivity contribution in [3.05, 3.63) is 58.9 Å². The van der Waals surface area contributed by atoms with E-state index in [1.54, 1.807) is 0 Å². The lowest BCUT2D eigenvalue weighted by molar-refractivity contribution is -0.402. The van der Waals surface area contributed by atoms with Crippen molar-refractivity contribution >= 4 is 57.5 Å². The standard InChI is InChI=1S/C28H27N3O14S2/c29-19-5-3-16-22(17-4-6-20(30)26(47(37,38)39)24(17)42-23(16)25(19)43-44-45-46)18-13-14(1-2-15(18)28(35)36)27(34)31-8-10-41-12-11-40-9-7-21(32)33/h1-6,13,29,46H,7-12,30H2,(H,31,34)(H,32,33)(H,35,36)(H,37,38,39). The third-order valence-corrected chi connectivity index (χ3v) is 7.55. The number of aromatic carboxylic acids is 1. The summed E-state index contributed by atoms with van der Waals surface area (Å²) in [4.78, 5) is 40.2. The van der Waals surface area contributed by atoms with Crippen molar-refractivity contribution in [3.8, 4) is 28.2 Å². The van der Waals surface area contributed by atoms with E-state index >= 15 is 0 Å². The van der Waals surface area contributed by atoms with Gasteiger partial charge < -0.3 is 40.0 Å². The molecular formula is C28H27N3O14S2. The second-order valence-electron chi connectivity index (χ2n) is 9.55. The molecule has 1 aliphatic carbocycles. The molecule has 47 heavy (non-hydrogen) atoms. The molecule has 19 heteroatoms. The molecule has 0 spiro atoms. The Hall–Kier alpha value is -4.76. The summed E-state index contributed by atoms with van der Waals surface area (Å²) in [5, 5.41) is 33.6. The second kappa shape index (κ2) is 15.2. The first-order chi connectivity index (χ1) is 22.3. The van der Waals surface area contributed by atoms with Crippen molar-refractivity contribution in [3.63, 3.8) is 0 Å². The lowest BCUT2D eigenvalue weighted by atomic mass is 9.89. The number of carbonyl (C=O) groups excluding carboxylic acids is 1. The van der Waals surface area contributed by atoms with Gasteiger partial charge in [-0.1, -0.05) is 0 Å². The van der Waals surface area contributed by atoms with Crippen molar-refractivity contribution in [2.45, 2.75) is 11.3 Å². The molecule has 2 aromatic rings. The molecule has 0 fully saturated rings. The van der Waals surface area contributed by atoms with Gasteiger partial charge in [0.2, 0.25) is 5.75 Å². The van der Waals surface area contributed by atoms with Crippen LogP contribution in [0.5, 0.6) is 5.75 Å². The highest BCUT2D eigenvalue weighted by Gasteiger charge is 2.30. The predicted molar refractivity (Wildman–Crippen MR) is 163 cm³/mol. The minimum Gasteiger partial charge on any atom is -0.481 e. The van der Waals surface area contributed by atoms with Gasteiger partial charge in [-0.25, -0.2) is 4.79 Å². The summed E-state index contributed by atoms with van der Waals surface area (Å²) in [5.74, 6) is -3.78. The van der Waals surface area contributed by atoms with Gasteiger partial charge in [-0.2, -0.15) is 8.42 Å². The topological polar surface area (TPSA) is 267 Å². The quantitative estimate of drug-likeness (QED) is 0.0130. The number of carbonyl (C=O) groups is 3. The normalized spacial score (nSPS) is 11.5. The highest BCUT2D eigenvalue weighted by molar-refractivity contribution is 7.86. The minimum absolute atomic E-state index is 0.00920. The number of hydrogen-bond donors (Lipinski definition) is 7. The SMILES string of the molecule is N=c1ccc2c(-c3cc(C(=O)NCCOCCOCCC(=O)O)ccc3C(=O)O)c3ccc(N)c(S(=O)(=O)O)c3oc-2c1OOOS. The molecule has 4 rings (SSSR count). The van der Waals surface area contributed by atoms with Crippen LogP contribution < -0.4 is 21.3 Å². The maximum Gasteiger partial charge on any atom is 0.336 e. The molecule has 0 saturated heterocycles. The van der Waals surface area contributed by atoms with E-state index in [0.717, 1.165) is 0 Å². The van der Waals surface area contributed by atoms with Gasteiger partial charge in [0, 0.05) is 41.5 Å². The van der Waals surface area contributed by atoms with Crippen LogP contribution in [-0.4, -0.2) is 74.0 Å². The Morgan fingerprint density at radius 1 is 0.979 bits per heavy atom. The Kier molecular flexibility index (Phi) is 11.4. The van der Waals surface area contributed by atoms with Crippen LogP contribution in [0.1, 0.15) is 27.1 Å². The number of thiol groups is 1. The zero-order chi connectivity index (χ0) is 34.3. The van der Waals surface area contributed by atoms with Crippen molar-refractivity contribution in [1.29, 1.82) is 5.41 Å². The molecule has 2 aromatic carbocycles. The number of ether oxygens (including phenoxy) is 2. The smallest absolute Gasteiger partial charge is 0.336 e. The van der Waals surface area contributed by atoms with Crippen molar-refractivity contribution in [2.24, 2.45) is 0 Å². The number of benzene rings is 3. The van der Waals surface area contributed by atoms with Crippen LogP contribution in [0.25, 0.3) is 33.4 Å². The maximum atomic E-state index is 13.1. The molecule has 0 saturated carbocycles. The van der Waals surface area contributed by atoms with E-state index in [-0.39, 0.29) is 83.7 Å². The highest BCUT2D eigenvalue weighted by Crippen LogP contribution is 2.46. The molecule has 0 bridgehead atoms. The van der Waals surface area contributed by atoms with Crippen molar-refractivity contribution in [1.82, 2.24) is 5.32 Å². The third kappa shape index (κ3) is 8.16. The van der Waals surface area contributed by atoms with Crippen LogP contribution in [0.3, 0.4) is 0 Å². The number of aliphatic carboxylic acids is 1. The van der Waals surface area contributed by atoms with E-state index in [1.165, 1.54) is 42.5 Å². The van der Waals surface area contributed by atoms with Crippen LogP contribution in [-0.2, 0) is 33.8 Å². The Bertz CT molecular complexity index is 1960. The first-order valence-electron chi connectivity index (χ1n) is 13.4. The van der Waals surface area contributed by atoms with Crippen LogP contribution in [0.4, 0.5) is 5.69 Å².